The van der Waals surface area contributed by atoms with Crippen LogP contribution in [0.2, 0.25) is 0 Å². The highest BCUT2D eigenvalue weighted by atomic mass is 16.5. The Labute approximate surface area is 104 Å². The van der Waals surface area contributed by atoms with Crippen LogP contribution in [0.25, 0.3) is 11.4 Å². The van der Waals surface area contributed by atoms with Crippen molar-refractivity contribution < 1.29 is 9.47 Å². The molecular formula is C12H12N4O2. The van der Waals surface area contributed by atoms with E-state index in [1.54, 1.807) is 20.3 Å². The second kappa shape index (κ2) is 5.19. The normalized spacial score (nSPS) is 9.83. The first-order valence-electron chi connectivity index (χ1n) is 5.28. The van der Waals surface area contributed by atoms with Crippen molar-refractivity contribution in [2.45, 2.75) is 6.42 Å². The van der Waals surface area contributed by atoms with Crippen LogP contribution in [-0.4, -0.2) is 29.4 Å². The molecule has 0 atom stereocenters. The van der Waals surface area contributed by atoms with Gasteiger partial charge in [-0.25, -0.2) is 4.98 Å². The summed E-state index contributed by atoms with van der Waals surface area (Å²) in [6.07, 6.45) is 0.202. The van der Waals surface area contributed by atoms with Gasteiger partial charge in [-0.2, -0.15) is 10.4 Å². The predicted molar refractivity (Wildman–Crippen MR) is 64.2 cm³/mol. The summed E-state index contributed by atoms with van der Waals surface area (Å²) in [6, 6.07) is 7.40. The van der Waals surface area contributed by atoms with Gasteiger partial charge in [0.05, 0.1) is 26.7 Å². The number of benzene rings is 1. The van der Waals surface area contributed by atoms with E-state index in [1.807, 2.05) is 18.2 Å². The van der Waals surface area contributed by atoms with E-state index in [-0.39, 0.29) is 6.42 Å². The molecule has 2 rings (SSSR count). The van der Waals surface area contributed by atoms with Crippen LogP contribution in [0.3, 0.4) is 0 Å². The van der Waals surface area contributed by atoms with Crippen molar-refractivity contribution in [3.8, 4) is 29.0 Å². The maximum absolute atomic E-state index is 8.59. The monoisotopic (exact) mass is 244 g/mol. The van der Waals surface area contributed by atoms with Crippen LogP contribution >= 0.6 is 0 Å². The fourth-order valence-electron chi connectivity index (χ4n) is 1.51. The molecule has 92 valence electrons. The Morgan fingerprint density at radius 3 is 2.44 bits per heavy atom. The van der Waals surface area contributed by atoms with Crippen LogP contribution in [0.4, 0.5) is 0 Å². The fourth-order valence-corrected chi connectivity index (χ4v) is 1.51. The summed E-state index contributed by atoms with van der Waals surface area (Å²) in [5.41, 5.74) is 0.770. The number of rotatable bonds is 4. The molecule has 0 saturated carbocycles. The maximum atomic E-state index is 8.59. The number of H-pyrrole nitrogens is 1. The van der Waals surface area contributed by atoms with Crippen LogP contribution < -0.4 is 9.47 Å². The first-order chi connectivity index (χ1) is 8.76. The molecule has 0 saturated heterocycles. The molecule has 6 heteroatoms. The minimum absolute atomic E-state index is 0.202. The number of nitrogens with one attached hydrogen (secondary N) is 1. The highest BCUT2D eigenvalue weighted by molar-refractivity contribution is 5.60. The zero-order valence-electron chi connectivity index (χ0n) is 10.1. The molecule has 0 spiro atoms. The molecule has 1 heterocycles. The highest BCUT2D eigenvalue weighted by Gasteiger charge is 2.09. The van der Waals surface area contributed by atoms with Gasteiger partial charge in [-0.3, -0.25) is 5.10 Å². The van der Waals surface area contributed by atoms with E-state index in [2.05, 4.69) is 15.2 Å². The lowest BCUT2D eigenvalue weighted by Gasteiger charge is -2.05. The van der Waals surface area contributed by atoms with Gasteiger partial charge in [0.25, 0.3) is 0 Å². The number of methoxy groups -OCH3 is 2. The number of aromatic nitrogens is 3. The minimum atomic E-state index is 0.202. The summed E-state index contributed by atoms with van der Waals surface area (Å²) in [5.74, 6) is 2.37. The van der Waals surface area contributed by atoms with E-state index < -0.39 is 0 Å². The van der Waals surface area contributed by atoms with E-state index in [1.165, 1.54) is 0 Å². The van der Waals surface area contributed by atoms with Crippen LogP contribution in [-0.2, 0) is 6.42 Å². The van der Waals surface area contributed by atoms with Gasteiger partial charge in [-0.05, 0) is 12.1 Å². The lowest BCUT2D eigenvalue weighted by Crippen LogP contribution is -1.90. The zero-order chi connectivity index (χ0) is 13.0. The van der Waals surface area contributed by atoms with Gasteiger partial charge < -0.3 is 9.47 Å². The quantitative estimate of drug-likeness (QED) is 0.882. The second-order valence-corrected chi connectivity index (χ2v) is 3.54. The number of ether oxygens (including phenoxy) is 2. The molecule has 0 aliphatic carbocycles. The molecule has 0 fully saturated rings. The third kappa shape index (κ3) is 2.40. The summed E-state index contributed by atoms with van der Waals surface area (Å²) >= 11 is 0. The molecule has 0 amide bonds. The van der Waals surface area contributed by atoms with Gasteiger partial charge in [0.2, 0.25) is 0 Å². The van der Waals surface area contributed by atoms with Gasteiger partial charge in [0, 0.05) is 11.6 Å². The molecule has 1 N–H and O–H groups in total. The van der Waals surface area contributed by atoms with Crippen molar-refractivity contribution in [3.05, 3.63) is 24.0 Å². The third-order valence-electron chi connectivity index (χ3n) is 2.39. The predicted octanol–water partition coefficient (Wildman–Crippen LogP) is 1.55. The van der Waals surface area contributed by atoms with Gasteiger partial charge in [0.15, 0.2) is 5.82 Å². The van der Waals surface area contributed by atoms with E-state index in [0.29, 0.717) is 23.1 Å². The first kappa shape index (κ1) is 11.9. The summed E-state index contributed by atoms with van der Waals surface area (Å²) < 4.78 is 10.4. The Balaban J connectivity index is 2.39. The summed E-state index contributed by atoms with van der Waals surface area (Å²) in [7, 11) is 3.16. The molecule has 0 unspecified atom stereocenters. The average molecular weight is 244 g/mol. The van der Waals surface area contributed by atoms with E-state index in [9.17, 15) is 0 Å². The highest BCUT2D eigenvalue weighted by Crippen LogP contribution is 2.27. The molecule has 2 aromatic rings. The second-order valence-electron chi connectivity index (χ2n) is 3.54. The number of hydrogen-bond donors (Lipinski definition) is 1. The smallest absolute Gasteiger partial charge is 0.181 e. The maximum Gasteiger partial charge on any atom is 0.181 e. The molecule has 0 bridgehead atoms. The van der Waals surface area contributed by atoms with Gasteiger partial charge >= 0.3 is 0 Å². The van der Waals surface area contributed by atoms with Crippen LogP contribution in [0.15, 0.2) is 18.2 Å². The number of hydrogen-bond acceptors (Lipinski definition) is 5. The van der Waals surface area contributed by atoms with Crippen molar-refractivity contribution in [3.63, 3.8) is 0 Å². The van der Waals surface area contributed by atoms with E-state index in [4.69, 9.17) is 14.7 Å². The van der Waals surface area contributed by atoms with Crippen molar-refractivity contribution in [1.29, 1.82) is 5.26 Å². The minimum Gasteiger partial charge on any atom is -0.497 e. The van der Waals surface area contributed by atoms with Crippen LogP contribution in [0, 0.1) is 11.3 Å². The summed E-state index contributed by atoms with van der Waals surface area (Å²) in [6.45, 7) is 0. The molecule has 18 heavy (non-hydrogen) atoms. The molecule has 6 nitrogen and oxygen atoms in total. The Hall–Kier alpha value is -2.55. The average Bonchev–Trinajstić information content (AvgIpc) is 2.87. The molecular weight excluding hydrogens is 232 g/mol. The van der Waals surface area contributed by atoms with Gasteiger partial charge in [-0.1, -0.05) is 0 Å². The lowest BCUT2D eigenvalue weighted by molar-refractivity contribution is 0.394. The molecule has 0 aliphatic heterocycles. The Kier molecular flexibility index (Phi) is 3.44. The van der Waals surface area contributed by atoms with Crippen LogP contribution in [0.5, 0.6) is 11.5 Å². The molecule has 1 aromatic heterocycles. The van der Waals surface area contributed by atoms with Crippen molar-refractivity contribution >= 4 is 0 Å². The first-order valence-corrected chi connectivity index (χ1v) is 5.28. The van der Waals surface area contributed by atoms with E-state index in [0.717, 1.165) is 5.56 Å². The topological polar surface area (TPSA) is 83.8 Å². The van der Waals surface area contributed by atoms with Crippen molar-refractivity contribution in [1.82, 2.24) is 15.2 Å². The molecule has 0 aliphatic rings. The fraction of sp³-hybridized carbons (Fsp3) is 0.250. The van der Waals surface area contributed by atoms with E-state index >= 15 is 0 Å². The number of aromatic amines is 1. The molecule has 0 radical (unpaired) electrons. The Morgan fingerprint density at radius 1 is 1.22 bits per heavy atom. The zero-order valence-corrected chi connectivity index (χ0v) is 10.1. The van der Waals surface area contributed by atoms with Crippen molar-refractivity contribution in [2.75, 3.05) is 14.2 Å². The third-order valence-corrected chi connectivity index (χ3v) is 2.39. The summed E-state index contributed by atoms with van der Waals surface area (Å²) in [5, 5.41) is 15.4. The number of nitriles is 1. The lowest BCUT2D eigenvalue weighted by atomic mass is 10.2. The Morgan fingerprint density at radius 2 is 1.89 bits per heavy atom. The van der Waals surface area contributed by atoms with Gasteiger partial charge in [0.1, 0.15) is 17.3 Å². The van der Waals surface area contributed by atoms with Crippen LogP contribution in [0.1, 0.15) is 5.82 Å². The Bertz CT molecular complexity index is 564. The summed E-state index contributed by atoms with van der Waals surface area (Å²) in [4.78, 5) is 4.22. The molecule has 1 aromatic carbocycles. The van der Waals surface area contributed by atoms with Crippen molar-refractivity contribution in [2.24, 2.45) is 0 Å². The SMILES string of the molecule is COc1cc(OC)cc(-c2n[nH]c(CC#N)n2)c1. The standard InChI is InChI=1S/C12H12N4O2/c1-17-9-5-8(6-10(7-9)18-2)12-14-11(3-4-13)15-16-12/h5-7H,3H2,1-2H3,(H,14,15,16). The number of nitrogens with zero attached hydrogens (tertiary/aromatic N) is 3. The van der Waals surface area contributed by atoms with Gasteiger partial charge in [-0.15, -0.1) is 0 Å². The largest absolute Gasteiger partial charge is 0.497 e.